The highest BCUT2D eigenvalue weighted by Gasteiger charge is 2.51. The first-order chi connectivity index (χ1) is 16.0. The molecular weight excluding hydrogens is 432 g/mol. The zero-order valence-corrected chi connectivity index (χ0v) is 20.1. The summed E-state index contributed by atoms with van der Waals surface area (Å²) < 4.78 is 11.0. The molecule has 1 aromatic heterocycles. The van der Waals surface area contributed by atoms with Gasteiger partial charge in [0.1, 0.15) is 17.5 Å². The van der Waals surface area contributed by atoms with Gasteiger partial charge in [-0.3, -0.25) is 10.1 Å². The van der Waals surface area contributed by atoms with Crippen molar-refractivity contribution in [1.82, 2.24) is 5.16 Å². The molecule has 0 radical (unpaired) electrons. The molecule has 0 saturated heterocycles. The van der Waals surface area contributed by atoms with Crippen molar-refractivity contribution < 1.29 is 24.0 Å². The normalized spacial score (nSPS) is 15.4. The van der Waals surface area contributed by atoms with Crippen molar-refractivity contribution in [3.8, 4) is 22.5 Å². The van der Waals surface area contributed by atoms with E-state index in [-0.39, 0.29) is 11.5 Å². The minimum absolute atomic E-state index is 0.176. The summed E-state index contributed by atoms with van der Waals surface area (Å²) in [4.78, 5) is 24.0. The Morgan fingerprint density at radius 1 is 1.03 bits per heavy atom. The molecule has 0 bridgehead atoms. The van der Waals surface area contributed by atoms with Gasteiger partial charge in [-0.2, -0.15) is 0 Å². The Morgan fingerprint density at radius 3 is 2.06 bits per heavy atom. The maximum atomic E-state index is 12.4. The van der Waals surface area contributed by atoms with Crippen LogP contribution in [-0.2, 0) is 14.9 Å². The van der Waals surface area contributed by atoms with Gasteiger partial charge in [0.25, 0.3) is 0 Å². The summed E-state index contributed by atoms with van der Waals surface area (Å²) >= 11 is 0. The van der Waals surface area contributed by atoms with Crippen LogP contribution in [0.25, 0.3) is 22.5 Å². The van der Waals surface area contributed by atoms with Gasteiger partial charge in [0, 0.05) is 5.56 Å². The number of carboxylic acids is 1. The molecule has 1 atom stereocenters. The molecule has 0 unspecified atom stereocenters. The summed E-state index contributed by atoms with van der Waals surface area (Å²) in [5, 5.41) is 16.3. The van der Waals surface area contributed by atoms with Gasteiger partial charge in [0.15, 0.2) is 5.76 Å². The number of nitrogens with zero attached hydrogens (tertiary/aromatic N) is 1. The van der Waals surface area contributed by atoms with Gasteiger partial charge in [-0.05, 0) is 48.8 Å². The van der Waals surface area contributed by atoms with Crippen LogP contribution in [0.5, 0.6) is 0 Å². The number of aliphatic carboxylic acids is 1. The Balaban J connectivity index is 1.51. The molecule has 7 nitrogen and oxygen atoms in total. The number of nitrogens with one attached hydrogen (secondary N) is 1. The monoisotopic (exact) mass is 462 g/mol. The minimum atomic E-state index is -0.756. The van der Waals surface area contributed by atoms with Gasteiger partial charge < -0.3 is 14.4 Å². The zero-order valence-electron chi connectivity index (χ0n) is 20.1. The van der Waals surface area contributed by atoms with Gasteiger partial charge in [-0.25, -0.2) is 4.79 Å². The van der Waals surface area contributed by atoms with Gasteiger partial charge in [-0.1, -0.05) is 74.5 Å². The Hall–Kier alpha value is -3.61. The zero-order chi connectivity index (χ0) is 24.7. The predicted octanol–water partition coefficient (Wildman–Crippen LogP) is 6.42. The van der Waals surface area contributed by atoms with E-state index in [2.05, 4.69) is 10.5 Å². The number of amides is 1. The van der Waals surface area contributed by atoms with Crippen LogP contribution in [-0.4, -0.2) is 28.4 Å². The number of carbonyl (C=O) groups excluding carboxylic acids is 1. The fourth-order valence-corrected chi connectivity index (χ4v) is 3.73. The van der Waals surface area contributed by atoms with Crippen molar-refractivity contribution >= 4 is 17.7 Å². The second kappa shape index (κ2) is 8.63. The van der Waals surface area contributed by atoms with E-state index in [1.807, 2.05) is 76.2 Å². The van der Waals surface area contributed by atoms with Gasteiger partial charge in [0.2, 0.25) is 0 Å². The summed E-state index contributed by atoms with van der Waals surface area (Å²) in [5.41, 5.74) is 3.74. The van der Waals surface area contributed by atoms with Crippen LogP contribution in [0.1, 0.15) is 51.8 Å². The first-order valence-electron chi connectivity index (χ1n) is 11.4. The van der Waals surface area contributed by atoms with E-state index in [0.29, 0.717) is 30.0 Å². The van der Waals surface area contributed by atoms with E-state index in [9.17, 15) is 14.7 Å². The largest absolute Gasteiger partial charge is 0.481 e. The Kier molecular flexibility index (Phi) is 5.98. The minimum Gasteiger partial charge on any atom is -0.481 e. The molecule has 7 heteroatoms. The molecule has 1 aliphatic carbocycles. The molecule has 1 saturated carbocycles. The number of aryl methyl sites for hydroxylation is 1. The standard InChI is InChI=1S/C27H30N2O5/c1-16-22(28-25(32)33-17(2)26(3,4)5)23(34-29-16)20-8-6-18(7-9-20)19-10-12-21(13-11-19)27(14-15-27)24(30)31/h6-13,17H,14-15H2,1-5H3,(H,28,32)(H,30,31)/t17-/m1/s1. The third-order valence-electron chi connectivity index (χ3n) is 6.67. The summed E-state index contributed by atoms with van der Waals surface area (Å²) in [7, 11) is 0. The molecule has 2 aromatic carbocycles. The topological polar surface area (TPSA) is 102 Å². The van der Waals surface area contributed by atoms with E-state index in [0.717, 1.165) is 22.3 Å². The lowest BCUT2D eigenvalue weighted by Gasteiger charge is -2.26. The van der Waals surface area contributed by atoms with Crippen molar-refractivity contribution in [2.75, 3.05) is 5.32 Å². The third kappa shape index (κ3) is 4.55. The summed E-state index contributed by atoms with van der Waals surface area (Å²) in [6.07, 6.45) is 0.548. The molecule has 1 fully saturated rings. The van der Waals surface area contributed by atoms with Crippen LogP contribution < -0.4 is 5.32 Å². The Morgan fingerprint density at radius 2 is 1.56 bits per heavy atom. The van der Waals surface area contributed by atoms with Crippen molar-refractivity contribution in [2.24, 2.45) is 5.41 Å². The van der Waals surface area contributed by atoms with Gasteiger partial charge >= 0.3 is 12.1 Å². The lowest BCUT2D eigenvalue weighted by Crippen LogP contribution is -2.30. The quantitative estimate of drug-likeness (QED) is 0.438. The Bertz CT molecular complexity index is 1200. The van der Waals surface area contributed by atoms with E-state index < -0.39 is 17.5 Å². The first-order valence-corrected chi connectivity index (χ1v) is 11.4. The number of rotatable bonds is 6. The molecule has 34 heavy (non-hydrogen) atoms. The smallest absolute Gasteiger partial charge is 0.412 e. The molecule has 2 N–H and O–H groups in total. The Labute approximate surface area is 199 Å². The predicted molar refractivity (Wildman–Crippen MR) is 130 cm³/mol. The number of ether oxygens (including phenoxy) is 1. The van der Waals surface area contributed by atoms with Crippen LogP contribution in [0.4, 0.5) is 10.5 Å². The maximum absolute atomic E-state index is 12.4. The average Bonchev–Trinajstić information content (AvgIpc) is 3.53. The van der Waals surface area contributed by atoms with Crippen molar-refractivity contribution in [1.29, 1.82) is 0 Å². The second-order valence-electron chi connectivity index (χ2n) is 10.1. The first kappa shape index (κ1) is 23.5. The molecule has 3 aromatic rings. The molecule has 0 spiro atoms. The molecule has 4 rings (SSSR count). The van der Waals surface area contributed by atoms with Gasteiger partial charge in [0.05, 0.1) is 5.41 Å². The lowest BCUT2D eigenvalue weighted by atomic mass is 9.90. The highest BCUT2D eigenvalue weighted by molar-refractivity contribution is 5.91. The van der Waals surface area contributed by atoms with Crippen molar-refractivity contribution in [3.05, 3.63) is 59.8 Å². The summed E-state index contributed by atoms with van der Waals surface area (Å²) in [6.45, 7) is 9.64. The molecular formula is C27H30N2O5. The van der Waals surface area contributed by atoms with Gasteiger partial charge in [-0.15, -0.1) is 0 Å². The third-order valence-corrected chi connectivity index (χ3v) is 6.67. The highest BCUT2D eigenvalue weighted by atomic mass is 16.6. The molecule has 1 aliphatic rings. The van der Waals surface area contributed by atoms with E-state index in [1.54, 1.807) is 6.92 Å². The number of hydrogen-bond donors (Lipinski definition) is 2. The molecule has 0 aliphatic heterocycles. The van der Waals surface area contributed by atoms with Crippen LogP contribution >= 0.6 is 0 Å². The van der Waals surface area contributed by atoms with E-state index in [4.69, 9.17) is 9.26 Å². The average molecular weight is 463 g/mol. The lowest BCUT2D eigenvalue weighted by molar-refractivity contribution is -0.140. The van der Waals surface area contributed by atoms with Crippen LogP contribution in [0.2, 0.25) is 0 Å². The van der Waals surface area contributed by atoms with Crippen molar-refractivity contribution in [2.45, 2.75) is 59.0 Å². The number of benzene rings is 2. The number of carboxylic acid groups (broad SMARTS) is 1. The molecule has 1 amide bonds. The number of carbonyl (C=O) groups is 2. The summed E-state index contributed by atoms with van der Waals surface area (Å²) in [5.74, 6) is -0.301. The van der Waals surface area contributed by atoms with E-state index in [1.165, 1.54) is 0 Å². The van der Waals surface area contributed by atoms with Crippen LogP contribution in [0.15, 0.2) is 53.1 Å². The molecule has 178 valence electrons. The fraction of sp³-hybridized carbons (Fsp3) is 0.370. The fourth-order valence-electron chi connectivity index (χ4n) is 3.73. The highest BCUT2D eigenvalue weighted by Crippen LogP contribution is 2.48. The van der Waals surface area contributed by atoms with Crippen LogP contribution in [0.3, 0.4) is 0 Å². The van der Waals surface area contributed by atoms with E-state index >= 15 is 0 Å². The number of aromatic nitrogens is 1. The summed E-state index contributed by atoms with van der Waals surface area (Å²) in [6, 6.07) is 15.4. The number of hydrogen-bond acceptors (Lipinski definition) is 5. The maximum Gasteiger partial charge on any atom is 0.412 e. The molecule has 1 heterocycles. The van der Waals surface area contributed by atoms with Crippen molar-refractivity contribution in [3.63, 3.8) is 0 Å². The number of anilines is 1. The van der Waals surface area contributed by atoms with Crippen LogP contribution in [0, 0.1) is 12.3 Å². The SMILES string of the molecule is Cc1noc(-c2ccc(-c3ccc(C4(C(=O)O)CC4)cc3)cc2)c1NC(=O)O[C@H](C)C(C)(C)C. The second-order valence-corrected chi connectivity index (χ2v) is 10.1.